The van der Waals surface area contributed by atoms with Crippen molar-refractivity contribution in [3.8, 4) is 0 Å². The SMILES string of the molecule is CC(C)(C)OC(=O)N1CC2COCC(C1)C2[O]. The lowest BCUT2D eigenvalue weighted by molar-refractivity contribution is -0.145. The summed E-state index contributed by atoms with van der Waals surface area (Å²) >= 11 is 0. The van der Waals surface area contributed by atoms with Gasteiger partial charge in [0.05, 0.1) is 13.2 Å². The number of hydrogen-bond donors (Lipinski definition) is 0. The molecule has 0 aromatic rings. The van der Waals surface area contributed by atoms with Gasteiger partial charge in [-0.05, 0) is 20.8 Å². The van der Waals surface area contributed by atoms with E-state index in [1.165, 1.54) is 0 Å². The smallest absolute Gasteiger partial charge is 0.410 e. The van der Waals surface area contributed by atoms with Crippen molar-refractivity contribution in [3.05, 3.63) is 0 Å². The Morgan fingerprint density at radius 3 is 2.24 bits per heavy atom. The topological polar surface area (TPSA) is 58.7 Å². The van der Waals surface area contributed by atoms with Crippen LogP contribution >= 0.6 is 0 Å². The minimum Gasteiger partial charge on any atom is -0.444 e. The van der Waals surface area contributed by atoms with Gasteiger partial charge in [-0.3, -0.25) is 0 Å². The van der Waals surface area contributed by atoms with Crippen LogP contribution in [0.4, 0.5) is 4.79 Å². The van der Waals surface area contributed by atoms with E-state index in [1.54, 1.807) is 4.90 Å². The maximum atomic E-state index is 11.9. The van der Waals surface area contributed by atoms with Crippen LogP contribution < -0.4 is 0 Å². The number of piperidine rings is 1. The van der Waals surface area contributed by atoms with Gasteiger partial charge >= 0.3 is 6.09 Å². The molecule has 2 aliphatic heterocycles. The van der Waals surface area contributed by atoms with Gasteiger partial charge in [-0.15, -0.1) is 0 Å². The molecule has 17 heavy (non-hydrogen) atoms. The van der Waals surface area contributed by atoms with E-state index < -0.39 is 11.7 Å². The molecule has 2 aliphatic rings. The van der Waals surface area contributed by atoms with E-state index in [2.05, 4.69) is 0 Å². The van der Waals surface area contributed by atoms with Crippen LogP contribution in [-0.4, -0.2) is 49.0 Å². The van der Waals surface area contributed by atoms with E-state index in [0.717, 1.165) is 0 Å². The third kappa shape index (κ3) is 2.90. The first-order valence-electron chi connectivity index (χ1n) is 6.08. The van der Waals surface area contributed by atoms with E-state index in [4.69, 9.17) is 9.47 Å². The fourth-order valence-electron chi connectivity index (χ4n) is 2.37. The van der Waals surface area contributed by atoms with Crippen LogP contribution in [0.5, 0.6) is 0 Å². The van der Waals surface area contributed by atoms with E-state index in [1.807, 2.05) is 20.8 Å². The monoisotopic (exact) mass is 242 g/mol. The van der Waals surface area contributed by atoms with Crippen molar-refractivity contribution in [3.63, 3.8) is 0 Å². The molecule has 2 heterocycles. The highest BCUT2D eigenvalue weighted by atomic mass is 16.6. The zero-order valence-corrected chi connectivity index (χ0v) is 10.6. The second-order valence-electron chi connectivity index (χ2n) is 5.91. The molecule has 0 saturated carbocycles. The van der Waals surface area contributed by atoms with E-state index >= 15 is 0 Å². The Kier molecular flexibility index (Phi) is 3.32. The maximum Gasteiger partial charge on any atom is 0.410 e. The molecule has 5 nitrogen and oxygen atoms in total. The average Bonchev–Trinajstić information content (AvgIpc) is 2.13. The van der Waals surface area contributed by atoms with Crippen LogP contribution in [0.3, 0.4) is 0 Å². The summed E-state index contributed by atoms with van der Waals surface area (Å²) in [5.74, 6) is -0.176. The maximum absolute atomic E-state index is 11.9. The van der Waals surface area contributed by atoms with Gasteiger partial charge in [-0.25, -0.2) is 9.90 Å². The Balaban J connectivity index is 1.97. The molecule has 2 bridgehead atoms. The van der Waals surface area contributed by atoms with Crippen molar-refractivity contribution < 1.29 is 19.4 Å². The predicted octanol–water partition coefficient (Wildman–Crippen LogP) is 1.30. The van der Waals surface area contributed by atoms with Gasteiger partial charge < -0.3 is 14.4 Å². The van der Waals surface area contributed by atoms with Gasteiger partial charge in [-0.2, -0.15) is 0 Å². The number of carbonyl (C=O) groups is 1. The molecule has 0 spiro atoms. The third-order valence-corrected chi connectivity index (χ3v) is 3.15. The molecule has 2 fully saturated rings. The minimum atomic E-state index is -0.595. The average molecular weight is 242 g/mol. The Morgan fingerprint density at radius 1 is 1.24 bits per heavy atom. The molecule has 5 heteroatoms. The first-order valence-corrected chi connectivity index (χ1v) is 6.08. The Morgan fingerprint density at radius 2 is 1.76 bits per heavy atom. The first kappa shape index (κ1) is 12.6. The minimum absolute atomic E-state index is 0.0879. The van der Waals surface area contributed by atoms with Gasteiger partial charge in [-0.1, -0.05) is 0 Å². The summed E-state index contributed by atoms with van der Waals surface area (Å²) in [7, 11) is 0. The molecule has 0 aliphatic carbocycles. The zero-order valence-electron chi connectivity index (χ0n) is 10.6. The molecule has 2 saturated heterocycles. The molecule has 1 radical (unpaired) electrons. The fraction of sp³-hybridized carbons (Fsp3) is 0.917. The number of nitrogens with zero attached hydrogens (tertiary/aromatic N) is 1. The lowest BCUT2D eigenvalue weighted by Gasteiger charge is -2.43. The lowest BCUT2D eigenvalue weighted by Crippen LogP contribution is -2.56. The van der Waals surface area contributed by atoms with Gasteiger partial charge in [0.1, 0.15) is 11.7 Å². The molecular weight excluding hydrogens is 222 g/mol. The van der Waals surface area contributed by atoms with Gasteiger partial charge in [0.15, 0.2) is 0 Å². The Labute approximate surface area is 102 Å². The number of rotatable bonds is 0. The highest BCUT2D eigenvalue weighted by molar-refractivity contribution is 5.68. The fourth-order valence-corrected chi connectivity index (χ4v) is 2.37. The van der Waals surface area contributed by atoms with Crippen LogP contribution in [0.1, 0.15) is 20.8 Å². The Bertz CT molecular complexity index is 285. The summed E-state index contributed by atoms with van der Waals surface area (Å²) in [6.07, 6.45) is -0.913. The summed E-state index contributed by atoms with van der Waals surface area (Å²) in [5, 5.41) is 11.9. The van der Waals surface area contributed by atoms with Gasteiger partial charge in [0.25, 0.3) is 0 Å². The standard InChI is InChI=1S/C12H20NO4/c1-12(2,3)17-11(15)13-4-8-6-16-7-9(5-13)10(8)14/h8-10H,4-7H2,1-3H3. The number of hydrogen-bond acceptors (Lipinski definition) is 3. The highest BCUT2D eigenvalue weighted by Crippen LogP contribution is 2.28. The molecule has 97 valence electrons. The number of likely N-dealkylation sites (tertiary alicyclic amines) is 1. The quantitative estimate of drug-likeness (QED) is 0.643. The number of ether oxygens (including phenoxy) is 2. The second kappa shape index (κ2) is 4.46. The number of amides is 1. The lowest BCUT2D eigenvalue weighted by atomic mass is 9.85. The predicted molar refractivity (Wildman–Crippen MR) is 60.1 cm³/mol. The summed E-state index contributed by atoms with van der Waals surface area (Å²) in [6, 6.07) is 0. The summed E-state index contributed by atoms with van der Waals surface area (Å²) in [4.78, 5) is 13.6. The largest absolute Gasteiger partial charge is 0.444 e. The Hall–Kier alpha value is -0.810. The van der Waals surface area contributed by atoms with Crippen LogP contribution in [0, 0.1) is 11.8 Å². The van der Waals surface area contributed by atoms with Crippen LogP contribution in [0.25, 0.3) is 0 Å². The van der Waals surface area contributed by atoms with Gasteiger partial charge in [0, 0.05) is 24.9 Å². The van der Waals surface area contributed by atoms with Gasteiger partial charge in [0.2, 0.25) is 0 Å². The van der Waals surface area contributed by atoms with Crippen molar-refractivity contribution in [1.82, 2.24) is 4.90 Å². The van der Waals surface area contributed by atoms with E-state index in [-0.39, 0.29) is 17.9 Å². The van der Waals surface area contributed by atoms with Crippen LogP contribution in [-0.2, 0) is 14.6 Å². The third-order valence-electron chi connectivity index (χ3n) is 3.15. The van der Waals surface area contributed by atoms with Crippen LogP contribution in [0.2, 0.25) is 0 Å². The first-order chi connectivity index (χ1) is 7.87. The van der Waals surface area contributed by atoms with Crippen LogP contribution in [0.15, 0.2) is 0 Å². The van der Waals surface area contributed by atoms with E-state index in [0.29, 0.717) is 26.3 Å². The zero-order chi connectivity index (χ0) is 12.6. The highest BCUT2D eigenvalue weighted by Gasteiger charge is 2.42. The molecule has 2 atom stereocenters. The van der Waals surface area contributed by atoms with Crippen molar-refractivity contribution in [2.24, 2.45) is 11.8 Å². The van der Waals surface area contributed by atoms with Crippen molar-refractivity contribution in [1.29, 1.82) is 0 Å². The summed E-state index contributed by atoms with van der Waals surface area (Å²) in [6.45, 7) is 7.37. The summed E-state index contributed by atoms with van der Waals surface area (Å²) in [5.41, 5.74) is -0.489. The normalized spacial score (nSPS) is 33.4. The van der Waals surface area contributed by atoms with Crippen molar-refractivity contribution >= 4 is 6.09 Å². The summed E-state index contributed by atoms with van der Waals surface area (Å²) < 4.78 is 10.7. The number of fused-ring (bicyclic) bond motifs is 2. The molecule has 0 aromatic carbocycles. The molecule has 2 rings (SSSR count). The van der Waals surface area contributed by atoms with Crippen molar-refractivity contribution in [2.45, 2.75) is 32.5 Å². The molecule has 0 aromatic heterocycles. The molecule has 1 amide bonds. The number of carbonyl (C=O) groups excluding carboxylic acids is 1. The molecule has 0 N–H and O–H groups in total. The molecular formula is C12H20NO4. The van der Waals surface area contributed by atoms with E-state index in [9.17, 15) is 9.90 Å². The second-order valence-corrected chi connectivity index (χ2v) is 5.91. The molecule has 2 unspecified atom stereocenters. The van der Waals surface area contributed by atoms with Crippen molar-refractivity contribution in [2.75, 3.05) is 26.3 Å².